The number of esters is 1. The second-order valence-electron chi connectivity index (χ2n) is 5.08. The quantitative estimate of drug-likeness (QED) is 0.797. The van der Waals surface area contributed by atoms with Crippen molar-refractivity contribution in [3.63, 3.8) is 0 Å². The van der Waals surface area contributed by atoms with Gasteiger partial charge < -0.3 is 19.6 Å². The van der Waals surface area contributed by atoms with Crippen LogP contribution in [0.2, 0.25) is 0 Å². The second-order valence-corrected chi connectivity index (χ2v) is 5.08. The van der Waals surface area contributed by atoms with Gasteiger partial charge in [-0.1, -0.05) is 6.42 Å². The van der Waals surface area contributed by atoms with Crippen molar-refractivity contribution in [2.75, 3.05) is 13.7 Å². The zero-order valence-corrected chi connectivity index (χ0v) is 11.4. The van der Waals surface area contributed by atoms with Crippen LogP contribution < -0.4 is 5.32 Å². The van der Waals surface area contributed by atoms with Gasteiger partial charge in [0.15, 0.2) is 0 Å². The number of hydrogen-bond acceptors (Lipinski definition) is 5. The van der Waals surface area contributed by atoms with Crippen LogP contribution in [0.5, 0.6) is 0 Å². The van der Waals surface area contributed by atoms with Crippen LogP contribution in [0.3, 0.4) is 0 Å². The molecule has 1 aromatic rings. The Morgan fingerprint density at radius 2 is 2.37 bits per heavy atom. The van der Waals surface area contributed by atoms with Gasteiger partial charge in [-0.2, -0.15) is 0 Å². The molecule has 1 aliphatic carbocycles. The predicted molar refractivity (Wildman–Crippen MR) is 69.8 cm³/mol. The van der Waals surface area contributed by atoms with E-state index < -0.39 is 5.97 Å². The third-order valence-electron chi connectivity index (χ3n) is 3.75. The number of hydrogen-bond donors (Lipinski definition) is 2. The smallest absolute Gasteiger partial charge is 0.373 e. The molecule has 5 nitrogen and oxygen atoms in total. The number of carbonyl (C=O) groups excluding carboxylic acids is 1. The Morgan fingerprint density at radius 3 is 3.00 bits per heavy atom. The molecule has 1 heterocycles. The molecule has 19 heavy (non-hydrogen) atoms. The number of methoxy groups -OCH3 is 1. The van der Waals surface area contributed by atoms with Crippen molar-refractivity contribution >= 4 is 5.97 Å². The molecule has 5 heteroatoms. The van der Waals surface area contributed by atoms with Crippen LogP contribution in [0.4, 0.5) is 0 Å². The molecular formula is C14H21NO4. The number of carbonyl (C=O) groups is 1. The molecule has 106 valence electrons. The summed E-state index contributed by atoms with van der Waals surface area (Å²) in [6, 6.07) is 3.39. The van der Waals surface area contributed by atoms with Gasteiger partial charge >= 0.3 is 5.97 Å². The molecule has 1 saturated carbocycles. The van der Waals surface area contributed by atoms with Crippen molar-refractivity contribution in [1.29, 1.82) is 0 Å². The molecule has 0 aliphatic heterocycles. The Labute approximate surface area is 112 Å². The highest BCUT2D eigenvalue weighted by Gasteiger charge is 2.25. The van der Waals surface area contributed by atoms with Crippen molar-refractivity contribution in [3.05, 3.63) is 23.7 Å². The van der Waals surface area contributed by atoms with E-state index in [9.17, 15) is 9.90 Å². The van der Waals surface area contributed by atoms with Crippen molar-refractivity contribution in [1.82, 2.24) is 5.32 Å². The van der Waals surface area contributed by atoms with Crippen LogP contribution in [0, 0.1) is 5.92 Å². The average Bonchev–Trinajstić information content (AvgIpc) is 3.04. The fourth-order valence-electron chi connectivity index (χ4n) is 2.48. The summed E-state index contributed by atoms with van der Waals surface area (Å²) in [7, 11) is 1.33. The monoisotopic (exact) mass is 267 g/mol. The van der Waals surface area contributed by atoms with E-state index in [1.165, 1.54) is 7.11 Å². The van der Waals surface area contributed by atoms with E-state index in [0.29, 0.717) is 11.7 Å². The van der Waals surface area contributed by atoms with Crippen molar-refractivity contribution < 1.29 is 19.1 Å². The van der Waals surface area contributed by atoms with E-state index >= 15 is 0 Å². The van der Waals surface area contributed by atoms with Gasteiger partial charge in [0, 0.05) is 6.54 Å². The minimum Gasteiger partial charge on any atom is -0.463 e. The predicted octanol–water partition coefficient (Wildman–Crippen LogP) is 1.88. The molecule has 2 N–H and O–H groups in total. The number of ether oxygens (including phenoxy) is 1. The van der Waals surface area contributed by atoms with Gasteiger partial charge in [0.1, 0.15) is 5.76 Å². The van der Waals surface area contributed by atoms with Crippen LogP contribution in [-0.2, 0) is 4.74 Å². The van der Waals surface area contributed by atoms with E-state index in [1.807, 2.05) is 6.92 Å². The van der Waals surface area contributed by atoms with Crippen LogP contribution >= 0.6 is 0 Å². The van der Waals surface area contributed by atoms with Gasteiger partial charge in [-0.3, -0.25) is 0 Å². The van der Waals surface area contributed by atoms with Gasteiger partial charge in [-0.25, -0.2) is 4.79 Å². The summed E-state index contributed by atoms with van der Waals surface area (Å²) in [5, 5.41) is 13.1. The van der Waals surface area contributed by atoms with Gasteiger partial charge in [-0.05, 0) is 37.8 Å². The number of nitrogens with one attached hydrogen (secondary N) is 1. The van der Waals surface area contributed by atoms with E-state index in [0.717, 1.165) is 25.8 Å². The zero-order valence-electron chi connectivity index (χ0n) is 11.4. The molecule has 0 spiro atoms. The van der Waals surface area contributed by atoms with E-state index in [1.54, 1.807) is 12.1 Å². The molecule has 1 aromatic heterocycles. The largest absolute Gasteiger partial charge is 0.463 e. The first-order valence-corrected chi connectivity index (χ1v) is 6.71. The first-order valence-electron chi connectivity index (χ1n) is 6.71. The Hall–Kier alpha value is -1.33. The van der Waals surface area contributed by atoms with Crippen LogP contribution in [-0.4, -0.2) is 30.8 Å². The Bertz CT molecular complexity index is 429. The molecule has 1 aliphatic rings. The third kappa shape index (κ3) is 3.36. The fraction of sp³-hybridized carbons (Fsp3) is 0.643. The van der Waals surface area contributed by atoms with Crippen molar-refractivity contribution in [3.8, 4) is 0 Å². The van der Waals surface area contributed by atoms with Crippen LogP contribution in [0.1, 0.15) is 48.5 Å². The molecule has 0 saturated heterocycles. The molecular weight excluding hydrogens is 246 g/mol. The van der Waals surface area contributed by atoms with Gasteiger partial charge in [0.05, 0.1) is 19.3 Å². The number of aliphatic hydroxyl groups excluding tert-OH is 1. The van der Waals surface area contributed by atoms with E-state index in [4.69, 9.17) is 4.42 Å². The molecule has 0 bridgehead atoms. The summed E-state index contributed by atoms with van der Waals surface area (Å²) >= 11 is 0. The lowest BCUT2D eigenvalue weighted by molar-refractivity contribution is 0.0562. The minimum atomic E-state index is -0.468. The maximum Gasteiger partial charge on any atom is 0.373 e. The molecule has 0 aromatic carbocycles. The van der Waals surface area contributed by atoms with Crippen molar-refractivity contribution in [2.45, 2.75) is 38.3 Å². The Kier molecular flexibility index (Phi) is 4.61. The third-order valence-corrected chi connectivity index (χ3v) is 3.75. The first-order chi connectivity index (χ1) is 9.11. The highest BCUT2D eigenvalue weighted by molar-refractivity contribution is 5.86. The normalized spacial score (nSPS) is 24.4. The second kappa shape index (κ2) is 6.21. The molecule has 0 amide bonds. The van der Waals surface area contributed by atoms with Gasteiger partial charge in [-0.15, -0.1) is 0 Å². The molecule has 2 rings (SSSR count). The standard InChI is InChI=1S/C14H21NO4/c1-9(15-8-10-4-3-5-11(10)16)12-6-7-13(19-12)14(17)18-2/h6-7,9-11,15-16H,3-5,8H2,1-2H3. The van der Waals surface area contributed by atoms with E-state index in [2.05, 4.69) is 10.1 Å². The van der Waals surface area contributed by atoms with Crippen LogP contribution in [0.15, 0.2) is 16.5 Å². The number of rotatable bonds is 5. The maximum absolute atomic E-state index is 11.3. The summed E-state index contributed by atoms with van der Waals surface area (Å²) in [4.78, 5) is 11.3. The lowest BCUT2D eigenvalue weighted by Gasteiger charge is -2.18. The SMILES string of the molecule is COC(=O)c1ccc(C(C)NCC2CCCC2O)o1. The maximum atomic E-state index is 11.3. The molecule has 3 atom stereocenters. The average molecular weight is 267 g/mol. The zero-order chi connectivity index (χ0) is 13.8. The molecule has 0 radical (unpaired) electrons. The van der Waals surface area contributed by atoms with Gasteiger partial charge in [0.2, 0.25) is 5.76 Å². The Morgan fingerprint density at radius 1 is 1.58 bits per heavy atom. The molecule has 3 unspecified atom stereocenters. The summed E-state index contributed by atoms with van der Waals surface area (Å²) in [6.45, 7) is 2.73. The minimum absolute atomic E-state index is 0.00575. The van der Waals surface area contributed by atoms with Crippen LogP contribution in [0.25, 0.3) is 0 Å². The van der Waals surface area contributed by atoms with Crippen molar-refractivity contribution in [2.24, 2.45) is 5.92 Å². The summed E-state index contributed by atoms with van der Waals surface area (Å²) in [5.41, 5.74) is 0. The number of furan rings is 1. The van der Waals surface area contributed by atoms with Gasteiger partial charge in [0.25, 0.3) is 0 Å². The lowest BCUT2D eigenvalue weighted by atomic mass is 10.1. The summed E-state index contributed by atoms with van der Waals surface area (Å²) in [5.74, 6) is 0.766. The molecule has 1 fully saturated rings. The summed E-state index contributed by atoms with van der Waals surface area (Å²) in [6.07, 6.45) is 2.86. The first kappa shape index (κ1) is 14.1. The highest BCUT2D eigenvalue weighted by atomic mass is 16.5. The Balaban J connectivity index is 1.87. The summed E-state index contributed by atoms with van der Waals surface area (Å²) < 4.78 is 10.0. The lowest BCUT2D eigenvalue weighted by Crippen LogP contribution is -2.29. The fourth-order valence-corrected chi connectivity index (χ4v) is 2.48. The highest BCUT2D eigenvalue weighted by Crippen LogP contribution is 2.25. The topological polar surface area (TPSA) is 71.7 Å². The number of aliphatic hydroxyl groups is 1. The van der Waals surface area contributed by atoms with E-state index in [-0.39, 0.29) is 17.9 Å².